The van der Waals surface area contributed by atoms with Gasteiger partial charge in [0.25, 0.3) is 5.82 Å². The molecule has 1 aromatic carbocycles. The molecule has 0 unspecified atom stereocenters. The van der Waals surface area contributed by atoms with Crippen LogP contribution in [0.25, 0.3) is 5.69 Å². The lowest BCUT2D eigenvalue weighted by Gasteiger charge is -2.12. The lowest BCUT2D eigenvalue weighted by atomic mass is 10.0. The van der Waals surface area contributed by atoms with Crippen molar-refractivity contribution in [2.75, 3.05) is 12.4 Å². The maximum Gasteiger partial charge on any atom is 0.453 e. The summed E-state index contributed by atoms with van der Waals surface area (Å²) in [5.74, 6) is -0.745. The normalized spacial score (nSPS) is 12.0. The van der Waals surface area contributed by atoms with E-state index in [2.05, 4.69) is 29.2 Å². The van der Waals surface area contributed by atoms with Crippen LogP contribution in [0.4, 0.5) is 19.1 Å². The molecule has 4 nitrogen and oxygen atoms in total. The summed E-state index contributed by atoms with van der Waals surface area (Å²) in [6, 6.07) is 5.61. The number of hydrogen-bond acceptors (Lipinski definition) is 3. The molecule has 0 aliphatic rings. The van der Waals surface area contributed by atoms with E-state index in [-0.39, 0.29) is 5.95 Å². The summed E-state index contributed by atoms with van der Waals surface area (Å²) in [5, 5.41) is 6.22. The number of nitrogens with one attached hydrogen (secondary N) is 1. The van der Waals surface area contributed by atoms with E-state index in [0.717, 1.165) is 11.1 Å². The standard InChI is InChI=1S/C14H17F3N4/c1-8(2)10-5-6-11(9(3)7-10)21-13(18-4)19-12(20-21)14(15,16)17/h5-8H,1-4H3,(H,18,19,20). The second-order valence-electron chi connectivity index (χ2n) is 5.12. The van der Waals surface area contributed by atoms with Gasteiger partial charge in [0.05, 0.1) is 5.69 Å². The summed E-state index contributed by atoms with van der Waals surface area (Å²) >= 11 is 0. The van der Waals surface area contributed by atoms with E-state index in [1.807, 2.05) is 19.1 Å². The minimum atomic E-state index is -4.57. The molecule has 2 rings (SSSR count). The molecule has 0 aliphatic carbocycles. The third kappa shape index (κ3) is 3.01. The molecule has 0 saturated heterocycles. The van der Waals surface area contributed by atoms with E-state index in [1.54, 1.807) is 6.07 Å². The third-order valence-electron chi connectivity index (χ3n) is 3.20. The van der Waals surface area contributed by atoms with E-state index in [0.29, 0.717) is 11.6 Å². The van der Waals surface area contributed by atoms with Crippen LogP contribution in [0.3, 0.4) is 0 Å². The zero-order chi connectivity index (χ0) is 15.8. The SMILES string of the molecule is CNc1nc(C(F)(F)F)nn1-c1ccc(C(C)C)cc1C. The fourth-order valence-electron chi connectivity index (χ4n) is 2.04. The van der Waals surface area contributed by atoms with E-state index in [4.69, 9.17) is 0 Å². The molecule has 0 amide bonds. The molecule has 114 valence electrons. The minimum Gasteiger partial charge on any atom is -0.357 e. The van der Waals surface area contributed by atoms with Crippen molar-refractivity contribution in [3.63, 3.8) is 0 Å². The van der Waals surface area contributed by atoms with Crippen molar-refractivity contribution in [2.24, 2.45) is 0 Å². The Bertz CT molecular complexity index is 644. The molecule has 0 fully saturated rings. The lowest BCUT2D eigenvalue weighted by molar-refractivity contribution is -0.144. The largest absolute Gasteiger partial charge is 0.453 e. The number of halogens is 3. The fourth-order valence-corrected chi connectivity index (χ4v) is 2.04. The van der Waals surface area contributed by atoms with Gasteiger partial charge in [-0.1, -0.05) is 26.0 Å². The topological polar surface area (TPSA) is 42.7 Å². The molecule has 21 heavy (non-hydrogen) atoms. The summed E-state index contributed by atoms with van der Waals surface area (Å²) in [4.78, 5) is 3.49. The Hall–Kier alpha value is -2.05. The van der Waals surface area contributed by atoms with Crippen LogP contribution in [-0.2, 0) is 6.18 Å². The summed E-state index contributed by atoms with van der Waals surface area (Å²) < 4.78 is 39.4. The maximum absolute atomic E-state index is 12.7. The minimum absolute atomic E-state index is 0.0581. The molecule has 0 atom stereocenters. The molecule has 0 spiro atoms. The Morgan fingerprint density at radius 3 is 2.38 bits per heavy atom. The second-order valence-corrected chi connectivity index (χ2v) is 5.12. The summed E-state index contributed by atoms with van der Waals surface area (Å²) in [7, 11) is 1.51. The van der Waals surface area contributed by atoms with Gasteiger partial charge in [-0.05, 0) is 30.0 Å². The molecular weight excluding hydrogens is 281 g/mol. The van der Waals surface area contributed by atoms with E-state index in [9.17, 15) is 13.2 Å². The van der Waals surface area contributed by atoms with E-state index in [1.165, 1.54) is 11.7 Å². The molecule has 0 radical (unpaired) electrons. The monoisotopic (exact) mass is 298 g/mol. The Balaban J connectivity index is 2.54. The van der Waals surface area contributed by atoms with Gasteiger partial charge in [0.2, 0.25) is 5.95 Å². The van der Waals surface area contributed by atoms with Crippen LogP contribution < -0.4 is 5.32 Å². The zero-order valence-electron chi connectivity index (χ0n) is 12.3. The first-order chi connectivity index (χ1) is 9.74. The van der Waals surface area contributed by atoms with Gasteiger partial charge in [-0.25, -0.2) is 0 Å². The average molecular weight is 298 g/mol. The Kier molecular flexibility index (Phi) is 3.93. The molecule has 2 aromatic rings. The zero-order valence-corrected chi connectivity index (χ0v) is 12.3. The maximum atomic E-state index is 12.7. The molecule has 0 aliphatic heterocycles. The number of rotatable bonds is 3. The van der Waals surface area contributed by atoms with Gasteiger partial charge in [-0.15, -0.1) is 5.10 Å². The molecule has 1 N–H and O–H groups in total. The summed E-state index contributed by atoms with van der Waals surface area (Å²) in [6.07, 6.45) is -4.57. The number of aromatic nitrogens is 3. The third-order valence-corrected chi connectivity index (χ3v) is 3.20. The average Bonchev–Trinajstić information content (AvgIpc) is 2.82. The predicted molar refractivity (Wildman–Crippen MR) is 74.7 cm³/mol. The van der Waals surface area contributed by atoms with Gasteiger partial charge in [-0.2, -0.15) is 22.8 Å². The van der Waals surface area contributed by atoms with Crippen molar-refractivity contribution >= 4 is 5.95 Å². The van der Waals surface area contributed by atoms with Crippen molar-refractivity contribution in [2.45, 2.75) is 32.9 Å². The van der Waals surface area contributed by atoms with E-state index < -0.39 is 12.0 Å². The van der Waals surface area contributed by atoms with Crippen LogP contribution in [0.2, 0.25) is 0 Å². The Morgan fingerprint density at radius 2 is 1.90 bits per heavy atom. The van der Waals surface area contributed by atoms with Crippen LogP contribution >= 0.6 is 0 Å². The highest BCUT2D eigenvalue weighted by molar-refractivity contribution is 5.47. The number of alkyl halides is 3. The van der Waals surface area contributed by atoms with Gasteiger partial charge in [0.15, 0.2) is 0 Å². The first-order valence-corrected chi connectivity index (χ1v) is 6.57. The van der Waals surface area contributed by atoms with Crippen molar-refractivity contribution in [3.8, 4) is 5.69 Å². The first kappa shape index (κ1) is 15.3. The van der Waals surface area contributed by atoms with Gasteiger partial charge in [0.1, 0.15) is 0 Å². The lowest BCUT2D eigenvalue weighted by Crippen LogP contribution is -2.09. The van der Waals surface area contributed by atoms with Gasteiger partial charge >= 0.3 is 6.18 Å². The van der Waals surface area contributed by atoms with Gasteiger partial charge in [-0.3, -0.25) is 0 Å². The quantitative estimate of drug-likeness (QED) is 0.938. The molecule has 1 aromatic heterocycles. The number of benzene rings is 1. The van der Waals surface area contributed by atoms with Crippen molar-refractivity contribution < 1.29 is 13.2 Å². The predicted octanol–water partition coefficient (Wildman–Crippen LogP) is 3.76. The van der Waals surface area contributed by atoms with Crippen LogP contribution in [0.5, 0.6) is 0 Å². The van der Waals surface area contributed by atoms with Gasteiger partial charge in [0, 0.05) is 7.05 Å². The van der Waals surface area contributed by atoms with Gasteiger partial charge < -0.3 is 5.32 Å². The highest BCUT2D eigenvalue weighted by Gasteiger charge is 2.37. The highest BCUT2D eigenvalue weighted by Crippen LogP contribution is 2.29. The second kappa shape index (κ2) is 5.38. The Morgan fingerprint density at radius 1 is 1.24 bits per heavy atom. The van der Waals surface area contributed by atoms with Crippen LogP contribution in [0.1, 0.15) is 36.7 Å². The van der Waals surface area contributed by atoms with Crippen molar-refractivity contribution in [1.82, 2.24) is 14.8 Å². The van der Waals surface area contributed by atoms with Crippen molar-refractivity contribution in [1.29, 1.82) is 0 Å². The molecule has 7 heteroatoms. The molecular formula is C14H17F3N4. The van der Waals surface area contributed by atoms with E-state index >= 15 is 0 Å². The van der Waals surface area contributed by atoms with Crippen molar-refractivity contribution in [3.05, 3.63) is 35.2 Å². The number of aryl methyl sites for hydroxylation is 1. The first-order valence-electron chi connectivity index (χ1n) is 6.57. The smallest absolute Gasteiger partial charge is 0.357 e. The fraction of sp³-hybridized carbons (Fsp3) is 0.429. The molecule has 1 heterocycles. The summed E-state index contributed by atoms with van der Waals surface area (Å²) in [5.41, 5.74) is 2.54. The number of hydrogen-bond donors (Lipinski definition) is 1. The number of nitrogens with zero attached hydrogens (tertiary/aromatic N) is 3. The number of anilines is 1. The summed E-state index contributed by atoms with van der Waals surface area (Å²) in [6.45, 7) is 5.96. The van der Waals surface area contributed by atoms with Crippen LogP contribution in [0.15, 0.2) is 18.2 Å². The molecule has 0 bridgehead atoms. The highest BCUT2D eigenvalue weighted by atomic mass is 19.4. The van der Waals surface area contributed by atoms with Crippen LogP contribution in [-0.4, -0.2) is 21.8 Å². The molecule has 0 saturated carbocycles. The Labute approximate surface area is 121 Å². The van der Waals surface area contributed by atoms with Crippen LogP contribution in [0, 0.1) is 6.92 Å².